The highest BCUT2D eigenvalue weighted by Crippen LogP contribution is 2.26. The number of benzene rings is 1. The van der Waals surface area contributed by atoms with Crippen LogP contribution in [-0.2, 0) is 6.54 Å². The third-order valence-corrected chi connectivity index (χ3v) is 3.80. The summed E-state index contributed by atoms with van der Waals surface area (Å²) >= 11 is 1.67. The van der Waals surface area contributed by atoms with Crippen LogP contribution in [0, 0.1) is 6.92 Å². The number of nitrogen functional groups attached to an aromatic ring is 1. The number of thiophene rings is 1. The Kier molecular flexibility index (Phi) is 4.63. The lowest BCUT2D eigenvalue weighted by Crippen LogP contribution is -2.23. The molecule has 1 heterocycles. The molecule has 0 saturated heterocycles. The van der Waals surface area contributed by atoms with Crippen LogP contribution >= 0.6 is 11.3 Å². The monoisotopic (exact) mass is 290 g/mol. The van der Waals surface area contributed by atoms with Gasteiger partial charge in [-0.05, 0) is 38.1 Å². The van der Waals surface area contributed by atoms with Crippen LogP contribution in [-0.4, -0.2) is 12.5 Å². The highest BCUT2D eigenvalue weighted by Gasteiger charge is 2.14. The van der Waals surface area contributed by atoms with Gasteiger partial charge in [0.15, 0.2) is 5.75 Å². The van der Waals surface area contributed by atoms with Gasteiger partial charge in [0.1, 0.15) is 0 Å². The molecule has 1 aromatic carbocycles. The second kappa shape index (κ2) is 6.43. The number of carbonyl (C=O) groups excluding carboxylic acids is 1. The number of hydrogen-bond donors (Lipinski definition) is 2. The van der Waals surface area contributed by atoms with E-state index in [1.165, 1.54) is 4.88 Å². The van der Waals surface area contributed by atoms with Gasteiger partial charge < -0.3 is 15.8 Å². The van der Waals surface area contributed by atoms with E-state index in [0.29, 0.717) is 30.2 Å². The van der Waals surface area contributed by atoms with Gasteiger partial charge in [0.2, 0.25) is 0 Å². The van der Waals surface area contributed by atoms with Gasteiger partial charge in [-0.1, -0.05) is 6.07 Å². The van der Waals surface area contributed by atoms with Crippen molar-refractivity contribution in [3.05, 3.63) is 45.6 Å². The van der Waals surface area contributed by atoms with Crippen molar-refractivity contribution < 1.29 is 9.53 Å². The molecule has 5 heteroatoms. The molecule has 106 valence electrons. The number of aryl methyl sites for hydroxylation is 1. The van der Waals surface area contributed by atoms with Crippen LogP contribution in [0.1, 0.15) is 27.0 Å². The Morgan fingerprint density at radius 2 is 2.15 bits per heavy atom. The Morgan fingerprint density at radius 1 is 1.35 bits per heavy atom. The minimum atomic E-state index is -0.174. The van der Waals surface area contributed by atoms with Crippen molar-refractivity contribution in [3.63, 3.8) is 0 Å². The third-order valence-electron chi connectivity index (χ3n) is 2.80. The van der Waals surface area contributed by atoms with Gasteiger partial charge in [-0.3, -0.25) is 4.79 Å². The molecule has 0 radical (unpaired) electrons. The lowest BCUT2D eigenvalue weighted by molar-refractivity contribution is 0.0947. The number of nitrogens with one attached hydrogen (secondary N) is 1. The zero-order chi connectivity index (χ0) is 14.5. The molecule has 0 bridgehead atoms. The Bertz CT molecular complexity index is 608. The minimum Gasteiger partial charge on any atom is -0.491 e. The molecule has 0 unspecified atom stereocenters. The van der Waals surface area contributed by atoms with E-state index in [2.05, 4.69) is 5.32 Å². The smallest absolute Gasteiger partial charge is 0.255 e. The van der Waals surface area contributed by atoms with Crippen molar-refractivity contribution in [2.75, 3.05) is 12.3 Å². The first-order chi connectivity index (χ1) is 9.61. The molecule has 0 spiro atoms. The molecule has 4 nitrogen and oxygen atoms in total. The van der Waals surface area contributed by atoms with Gasteiger partial charge in [-0.15, -0.1) is 11.3 Å². The first-order valence-electron chi connectivity index (χ1n) is 6.46. The molecular weight excluding hydrogens is 272 g/mol. The van der Waals surface area contributed by atoms with E-state index in [0.717, 1.165) is 4.88 Å². The molecule has 1 amide bonds. The highest BCUT2D eigenvalue weighted by molar-refractivity contribution is 7.11. The molecular formula is C15H18N2O2S. The molecule has 0 aliphatic heterocycles. The summed E-state index contributed by atoms with van der Waals surface area (Å²) < 4.78 is 5.46. The molecule has 20 heavy (non-hydrogen) atoms. The molecule has 0 fully saturated rings. The summed E-state index contributed by atoms with van der Waals surface area (Å²) in [5, 5.41) is 2.89. The average molecular weight is 290 g/mol. The fraction of sp³-hybridized carbons (Fsp3) is 0.267. The largest absolute Gasteiger partial charge is 0.491 e. The van der Waals surface area contributed by atoms with E-state index in [-0.39, 0.29) is 5.91 Å². The highest BCUT2D eigenvalue weighted by atomic mass is 32.1. The molecule has 1 aromatic heterocycles. The van der Waals surface area contributed by atoms with Crippen molar-refractivity contribution in [2.24, 2.45) is 0 Å². The molecule has 3 N–H and O–H groups in total. The quantitative estimate of drug-likeness (QED) is 0.832. The second-order valence-corrected chi connectivity index (χ2v) is 5.72. The molecule has 2 aromatic rings. The molecule has 0 saturated carbocycles. The first kappa shape index (κ1) is 14.4. The van der Waals surface area contributed by atoms with Crippen LogP contribution in [0.5, 0.6) is 5.75 Å². The summed E-state index contributed by atoms with van der Waals surface area (Å²) in [6, 6.07) is 9.25. The molecule has 0 aliphatic carbocycles. The lowest BCUT2D eigenvalue weighted by atomic mass is 10.1. The Morgan fingerprint density at radius 3 is 2.80 bits per heavy atom. The van der Waals surface area contributed by atoms with E-state index < -0.39 is 0 Å². The molecule has 2 rings (SSSR count). The lowest BCUT2D eigenvalue weighted by Gasteiger charge is -2.12. The van der Waals surface area contributed by atoms with Crippen LogP contribution in [0.25, 0.3) is 0 Å². The summed E-state index contributed by atoms with van der Waals surface area (Å²) in [7, 11) is 0. The van der Waals surface area contributed by atoms with Gasteiger partial charge in [0.25, 0.3) is 5.91 Å². The number of amides is 1. The zero-order valence-corrected chi connectivity index (χ0v) is 12.4. The van der Waals surface area contributed by atoms with Crippen molar-refractivity contribution >= 4 is 22.9 Å². The number of para-hydroxylation sites is 1. The zero-order valence-electron chi connectivity index (χ0n) is 11.6. The van der Waals surface area contributed by atoms with Gasteiger partial charge in [-0.25, -0.2) is 0 Å². The topological polar surface area (TPSA) is 64.3 Å². The molecule has 0 atom stereocenters. The minimum absolute atomic E-state index is 0.174. The maximum Gasteiger partial charge on any atom is 0.255 e. The number of nitrogens with two attached hydrogens (primary N) is 1. The number of carbonyl (C=O) groups is 1. The average Bonchev–Trinajstić information content (AvgIpc) is 2.84. The Labute approximate surface area is 122 Å². The standard InChI is InChI=1S/C15H18N2O2S/c1-3-19-14-12(5-4-6-13(14)16)15(18)17-9-11-8-7-10(2)20-11/h4-8H,3,9,16H2,1-2H3,(H,17,18). The van der Waals surface area contributed by atoms with Crippen molar-refractivity contribution in [1.29, 1.82) is 0 Å². The number of rotatable bonds is 5. The maximum absolute atomic E-state index is 12.2. The van der Waals surface area contributed by atoms with Crippen molar-refractivity contribution in [1.82, 2.24) is 5.32 Å². The van der Waals surface area contributed by atoms with Gasteiger partial charge in [-0.2, -0.15) is 0 Å². The van der Waals surface area contributed by atoms with Gasteiger partial charge >= 0.3 is 0 Å². The first-order valence-corrected chi connectivity index (χ1v) is 7.28. The van der Waals surface area contributed by atoms with E-state index in [4.69, 9.17) is 10.5 Å². The SMILES string of the molecule is CCOc1c(N)cccc1C(=O)NCc1ccc(C)s1. The predicted molar refractivity (Wildman–Crippen MR) is 82.2 cm³/mol. The van der Waals surface area contributed by atoms with E-state index in [1.54, 1.807) is 29.5 Å². The summed E-state index contributed by atoms with van der Waals surface area (Å²) in [6.07, 6.45) is 0. The number of ether oxygens (including phenoxy) is 1. The third kappa shape index (κ3) is 3.30. The van der Waals surface area contributed by atoms with Crippen molar-refractivity contribution in [3.8, 4) is 5.75 Å². The van der Waals surface area contributed by atoms with Gasteiger partial charge in [0.05, 0.1) is 24.4 Å². The van der Waals surface area contributed by atoms with Crippen LogP contribution in [0.3, 0.4) is 0 Å². The Balaban J connectivity index is 2.10. The summed E-state index contributed by atoms with van der Waals surface area (Å²) in [5.74, 6) is 0.279. The normalized spacial score (nSPS) is 10.3. The van der Waals surface area contributed by atoms with Crippen LogP contribution in [0.2, 0.25) is 0 Å². The number of anilines is 1. The Hall–Kier alpha value is -2.01. The van der Waals surface area contributed by atoms with Crippen molar-refractivity contribution in [2.45, 2.75) is 20.4 Å². The van der Waals surface area contributed by atoms with Crippen LogP contribution < -0.4 is 15.8 Å². The van der Waals surface area contributed by atoms with E-state index >= 15 is 0 Å². The van der Waals surface area contributed by atoms with E-state index in [1.807, 2.05) is 26.0 Å². The second-order valence-electron chi connectivity index (χ2n) is 4.35. The fourth-order valence-corrected chi connectivity index (χ4v) is 2.71. The summed E-state index contributed by atoms with van der Waals surface area (Å²) in [5.41, 5.74) is 6.80. The summed E-state index contributed by atoms with van der Waals surface area (Å²) in [6.45, 7) is 4.89. The van der Waals surface area contributed by atoms with Gasteiger partial charge in [0, 0.05) is 9.75 Å². The molecule has 0 aliphatic rings. The summed E-state index contributed by atoms with van der Waals surface area (Å²) in [4.78, 5) is 14.6. The fourth-order valence-electron chi connectivity index (χ4n) is 1.88. The van der Waals surface area contributed by atoms with E-state index in [9.17, 15) is 4.79 Å². The maximum atomic E-state index is 12.2. The van der Waals surface area contributed by atoms with Crippen LogP contribution in [0.15, 0.2) is 30.3 Å². The number of hydrogen-bond acceptors (Lipinski definition) is 4. The van der Waals surface area contributed by atoms with Crippen LogP contribution in [0.4, 0.5) is 5.69 Å². The predicted octanol–water partition coefficient (Wildman–Crippen LogP) is 2.97.